The minimum atomic E-state index is -0.222. The molecule has 1 fully saturated rings. The molecule has 4 aromatic rings. The molecule has 0 aliphatic carbocycles. The van der Waals surface area contributed by atoms with Crippen LogP contribution in [0.25, 0.3) is 0 Å². The molecule has 0 bridgehead atoms. The lowest BCUT2D eigenvalue weighted by molar-refractivity contribution is 0.384. The van der Waals surface area contributed by atoms with Gasteiger partial charge in [-0.2, -0.15) is 0 Å². The maximum atomic E-state index is 13.3. The van der Waals surface area contributed by atoms with Crippen LogP contribution in [0.2, 0.25) is 0 Å². The van der Waals surface area contributed by atoms with Crippen molar-refractivity contribution in [2.24, 2.45) is 4.99 Å². The van der Waals surface area contributed by atoms with E-state index >= 15 is 0 Å². The van der Waals surface area contributed by atoms with Gasteiger partial charge in [0.15, 0.2) is 17.3 Å². The zero-order chi connectivity index (χ0) is 22.9. The molecule has 0 unspecified atom stereocenters. The molecule has 1 saturated heterocycles. The number of fused-ring (bicyclic) bond motifs is 2. The predicted molar refractivity (Wildman–Crippen MR) is 128 cm³/mol. The Kier molecular flexibility index (Phi) is 5.18. The first-order chi connectivity index (χ1) is 16.7. The van der Waals surface area contributed by atoms with Gasteiger partial charge in [0.05, 0.1) is 6.54 Å². The molecule has 0 amide bonds. The monoisotopic (exact) mass is 454 g/mol. The summed E-state index contributed by atoms with van der Waals surface area (Å²) in [5.41, 5.74) is 3.54. The van der Waals surface area contributed by atoms with E-state index in [9.17, 15) is 4.39 Å². The largest absolute Gasteiger partial charge is 0.435 e. The first-order valence-electron chi connectivity index (χ1n) is 11.3. The summed E-state index contributed by atoms with van der Waals surface area (Å²) < 4.78 is 21.4. The number of hydrogen-bond acceptors (Lipinski definition) is 6. The molecule has 7 nitrogen and oxygen atoms in total. The molecule has 8 heteroatoms. The van der Waals surface area contributed by atoms with Crippen molar-refractivity contribution in [2.75, 3.05) is 31.1 Å². The van der Waals surface area contributed by atoms with Crippen LogP contribution >= 0.6 is 0 Å². The van der Waals surface area contributed by atoms with E-state index in [-0.39, 0.29) is 5.82 Å². The molecule has 0 atom stereocenters. The van der Waals surface area contributed by atoms with Crippen molar-refractivity contribution in [3.8, 4) is 11.6 Å². The van der Waals surface area contributed by atoms with Gasteiger partial charge in [0, 0.05) is 31.9 Å². The van der Waals surface area contributed by atoms with E-state index < -0.39 is 0 Å². The molecule has 34 heavy (non-hydrogen) atoms. The van der Waals surface area contributed by atoms with Gasteiger partial charge in [-0.1, -0.05) is 47.7 Å². The lowest BCUT2D eigenvalue weighted by Gasteiger charge is -2.37. The Bertz CT molecular complexity index is 1330. The standard InChI is InChI=1S/C26H23FN6O/c27-20-10-12-21(13-11-20)31-14-16-32(17-15-31)25-24-26(34-23-9-5-4-8-22(23)28-25)33(30-29-24)18-19-6-2-1-3-7-19/h1-13H,14-18H2. The smallest absolute Gasteiger partial charge is 0.250 e. The van der Waals surface area contributed by atoms with Gasteiger partial charge in [-0.05, 0) is 42.0 Å². The van der Waals surface area contributed by atoms with Gasteiger partial charge >= 0.3 is 0 Å². The van der Waals surface area contributed by atoms with Gasteiger partial charge in [-0.25, -0.2) is 14.1 Å². The molecule has 0 saturated carbocycles. The number of benzene rings is 3. The van der Waals surface area contributed by atoms with Gasteiger partial charge in [0.1, 0.15) is 11.5 Å². The Labute approximate surface area is 196 Å². The second-order valence-electron chi connectivity index (χ2n) is 8.34. The summed E-state index contributed by atoms with van der Waals surface area (Å²) in [4.78, 5) is 9.45. The SMILES string of the molecule is Fc1ccc(N2CCN(C3=Nc4ccccc4Oc4c3nnn4Cc3ccccc3)CC2)cc1. The van der Waals surface area contributed by atoms with Crippen LogP contribution in [0.3, 0.4) is 0 Å². The Morgan fingerprint density at radius 1 is 0.794 bits per heavy atom. The molecule has 6 rings (SSSR count). The summed E-state index contributed by atoms with van der Waals surface area (Å²) in [5.74, 6) is 1.81. The molecule has 1 aromatic heterocycles. The third-order valence-electron chi connectivity index (χ3n) is 6.15. The molecular weight excluding hydrogens is 431 g/mol. The number of piperazine rings is 1. The number of aromatic nitrogens is 3. The quantitative estimate of drug-likeness (QED) is 0.457. The minimum Gasteiger partial charge on any atom is -0.435 e. The Balaban J connectivity index is 1.31. The highest BCUT2D eigenvalue weighted by molar-refractivity contribution is 6.01. The van der Waals surface area contributed by atoms with Crippen LogP contribution in [0, 0.1) is 5.82 Å². The van der Waals surface area contributed by atoms with Crippen molar-refractivity contribution in [1.82, 2.24) is 19.9 Å². The summed E-state index contributed by atoms with van der Waals surface area (Å²) in [6.45, 7) is 3.64. The third-order valence-corrected chi connectivity index (χ3v) is 6.15. The second kappa shape index (κ2) is 8.62. The Morgan fingerprint density at radius 3 is 2.29 bits per heavy atom. The fraction of sp³-hybridized carbons (Fsp3) is 0.192. The molecule has 0 spiro atoms. The summed E-state index contributed by atoms with van der Waals surface area (Å²) in [6.07, 6.45) is 0. The lowest BCUT2D eigenvalue weighted by atomic mass is 10.2. The fourth-order valence-corrected chi connectivity index (χ4v) is 4.36. The van der Waals surface area contributed by atoms with E-state index in [1.807, 2.05) is 54.6 Å². The third kappa shape index (κ3) is 3.87. The molecule has 0 radical (unpaired) electrons. The summed E-state index contributed by atoms with van der Waals surface area (Å²) >= 11 is 0. The van der Waals surface area contributed by atoms with E-state index in [1.54, 1.807) is 4.68 Å². The van der Waals surface area contributed by atoms with E-state index in [1.165, 1.54) is 12.1 Å². The first kappa shape index (κ1) is 20.4. The lowest BCUT2D eigenvalue weighted by Crippen LogP contribution is -2.49. The molecule has 3 aromatic carbocycles. The Morgan fingerprint density at radius 2 is 1.50 bits per heavy atom. The number of hydrogen-bond donors (Lipinski definition) is 0. The van der Waals surface area contributed by atoms with Crippen molar-refractivity contribution >= 4 is 17.2 Å². The average Bonchev–Trinajstić information content (AvgIpc) is 3.17. The van der Waals surface area contributed by atoms with Crippen molar-refractivity contribution in [3.05, 3.63) is 95.9 Å². The Hall–Kier alpha value is -4.20. The second-order valence-corrected chi connectivity index (χ2v) is 8.34. The summed E-state index contributed by atoms with van der Waals surface area (Å²) in [5, 5.41) is 8.91. The maximum absolute atomic E-state index is 13.3. The molecule has 0 N–H and O–H groups in total. The van der Waals surface area contributed by atoms with Crippen LogP contribution in [-0.2, 0) is 6.54 Å². The summed E-state index contributed by atoms with van der Waals surface area (Å²) in [7, 11) is 0. The predicted octanol–water partition coefficient (Wildman–Crippen LogP) is 4.47. The number of rotatable bonds is 3. The first-order valence-corrected chi connectivity index (χ1v) is 11.3. The number of ether oxygens (including phenoxy) is 1. The van der Waals surface area contributed by atoms with Gasteiger partial charge in [-0.3, -0.25) is 0 Å². The number of aliphatic imine (C=N–C) groups is 1. The fourth-order valence-electron chi connectivity index (χ4n) is 4.36. The highest BCUT2D eigenvalue weighted by Gasteiger charge is 2.30. The average molecular weight is 455 g/mol. The normalized spacial score (nSPS) is 15.1. The van der Waals surface area contributed by atoms with E-state index in [0.717, 1.165) is 49.0 Å². The van der Waals surface area contributed by atoms with Gasteiger partial charge in [0.2, 0.25) is 5.88 Å². The van der Waals surface area contributed by atoms with Crippen molar-refractivity contribution in [2.45, 2.75) is 6.54 Å². The van der Waals surface area contributed by atoms with Crippen LogP contribution < -0.4 is 9.64 Å². The van der Waals surface area contributed by atoms with Crippen LogP contribution in [-0.4, -0.2) is 51.9 Å². The van der Waals surface area contributed by atoms with E-state index in [2.05, 4.69) is 32.2 Å². The van der Waals surface area contributed by atoms with Crippen molar-refractivity contribution in [3.63, 3.8) is 0 Å². The molecular formula is C26H23FN6O. The van der Waals surface area contributed by atoms with Crippen molar-refractivity contribution < 1.29 is 9.13 Å². The summed E-state index contributed by atoms with van der Waals surface area (Å²) in [6, 6.07) is 24.5. The highest BCUT2D eigenvalue weighted by atomic mass is 19.1. The topological polar surface area (TPSA) is 58.8 Å². The van der Waals surface area contributed by atoms with Gasteiger partial charge < -0.3 is 14.5 Å². The van der Waals surface area contributed by atoms with E-state index in [4.69, 9.17) is 9.73 Å². The zero-order valence-electron chi connectivity index (χ0n) is 18.5. The molecule has 170 valence electrons. The van der Waals surface area contributed by atoms with Crippen LogP contribution in [0.4, 0.5) is 15.8 Å². The number of halogens is 1. The van der Waals surface area contributed by atoms with Gasteiger partial charge in [0.25, 0.3) is 0 Å². The number of nitrogens with zero attached hydrogens (tertiary/aromatic N) is 6. The maximum Gasteiger partial charge on any atom is 0.250 e. The zero-order valence-corrected chi connectivity index (χ0v) is 18.5. The highest BCUT2D eigenvalue weighted by Crippen LogP contribution is 2.37. The molecule has 2 aliphatic heterocycles. The van der Waals surface area contributed by atoms with Crippen molar-refractivity contribution in [1.29, 1.82) is 0 Å². The molecule has 2 aliphatic rings. The van der Waals surface area contributed by atoms with Gasteiger partial charge in [-0.15, -0.1) is 5.10 Å². The number of amidine groups is 1. The van der Waals surface area contributed by atoms with Crippen LogP contribution in [0.15, 0.2) is 83.9 Å². The minimum absolute atomic E-state index is 0.222. The number of anilines is 1. The van der Waals surface area contributed by atoms with Crippen LogP contribution in [0.1, 0.15) is 11.3 Å². The van der Waals surface area contributed by atoms with E-state index in [0.29, 0.717) is 23.9 Å². The number of para-hydroxylation sites is 2. The molecule has 3 heterocycles. The van der Waals surface area contributed by atoms with Crippen LogP contribution in [0.5, 0.6) is 11.6 Å².